The molecule has 1 N–H and O–H groups in total. The van der Waals surface area contributed by atoms with Crippen LogP contribution in [0.15, 0.2) is 0 Å². The second kappa shape index (κ2) is 5.09. The Morgan fingerprint density at radius 2 is 1.93 bits per heavy atom. The third-order valence-corrected chi connectivity index (χ3v) is 3.92. The summed E-state index contributed by atoms with van der Waals surface area (Å²) in [5.74, 6) is 0. The molecule has 0 atom stereocenters. The maximum Gasteiger partial charge on any atom is 0.211 e. The summed E-state index contributed by atoms with van der Waals surface area (Å²) >= 11 is 0. The number of nitrogens with zero attached hydrogens (tertiary/aromatic N) is 1. The zero-order valence-corrected chi connectivity index (χ0v) is 9.81. The quantitative estimate of drug-likeness (QED) is 0.746. The highest BCUT2D eigenvalue weighted by molar-refractivity contribution is 7.88. The lowest BCUT2D eigenvalue weighted by molar-refractivity contribution is 0.264. The van der Waals surface area contributed by atoms with E-state index in [9.17, 15) is 8.42 Å². The van der Waals surface area contributed by atoms with Gasteiger partial charge in [-0.05, 0) is 32.4 Å². The molecule has 0 unspecified atom stereocenters. The Morgan fingerprint density at radius 1 is 1.36 bits per heavy atom. The lowest BCUT2D eigenvalue weighted by Gasteiger charge is -2.32. The van der Waals surface area contributed by atoms with Gasteiger partial charge in [0.05, 0.1) is 6.26 Å². The molecule has 14 heavy (non-hydrogen) atoms. The van der Waals surface area contributed by atoms with E-state index in [2.05, 4.69) is 5.32 Å². The summed E-state index contributed by atoms with van der Waals surface area (Å²) in [5, 5.41) is 3.24. The maximum atomic E-state index is 11.5. The molecule has 1 rings (SSSR count). The van der Waals surface area contributed by atoms with Gasteiger partial charge in [-0.15, -0.1) is 0 Å². The van der Waals surface area contributed by atoms with Crippen molar-refractivity contribution < 1.29 is 8.42 Å². The van der Waals surface area contributed by atoms with Crippen LogP contribution in [0.4, 0.5) is 0 Å². The molecule has 84 valence electrons. The van der Waals surface area contributed by atoms with E-state index < -0.39 is 10.0 Å². The van der Waals surface area contributed by atoms with Gasteiger partial charge in [-0.1, -0.05) is 6.92 Å². The van der Waals surface area contributed by atoms with E-state index in [4.69, 9.17) is 0 Å². The van der Waals surface area contributed by atoms with Crippen LogP contribution >= 0.6 is 0 Å². The minimum atomic E-state index is -3.02. The molecule has 0 bridgehead atoms. The van der Waals surface area contributed by atoms with Crippen molar-refractivity contribution in [3.05, 3.63) is 0 Å². The summed E-state index contributed by atoms with van der Waals surface area (Å²) in [7, 11) is -3.02. The molecular formula is C9H20N2O2S. The van der Waals surface area contributed by atoms with Crippen molar-refractivity contribution >= 4 is 10.0 Å². The summed E-state index contributed by atoms with van der Waals surface area (Å²) in [6.45, 7) is 4.53. The summed E-state index contributed by atoms with van der Waals surface area (Å²) in [4.78, 5) is 0. The summed E-state index contributed by atoms with van der Waals surface area (Å²) < 4.78 is 24.7. The lowest BCUT2D eigenvalue weighted by Crippen LogP contribution is -2.45. The molecule has 1 fully saturated rings. The Labute approximate surface area is 86.7 Å². The molecule has 4 nitrogen and oxygen atoms in total. The fourth-order valence-corrected chi connectivity index (χ4v) is 3.20. The third kappa shape index (κ3) is 3.22. The molecule has 0 aliphatic carbocycles. The van der Waals surface area contributed by atoms with Gasteiger partial charge in [-0.2, -0.15) is 4.31 Å². The van der Waals surface area contributed by atoms with Crippen molar-refractivity contribution in [2.24, 2.45) is 0 Å². The number of hydrogen-bond donors (Lipinski definition) is 1. The van der Waals surface area contributed by atoms with Crippen LogP contribution in [-0.4, -0.2) is 44.7 Å². The molecule has 0 spiro atoms. The summed E-state index contributed by atoms with van der Waals surface area (Å²) in [6.07, 6.45) is 4.07. The van der Waals surface area contributed by atoms with E-state index in [-0.39, 0.29) is 6.04 Å². The van der Waals surface area contributed by atoms with E-state index in [0.29, 0.717) is 6.54 Å². The van der Waals surface area contributed by atoms with Gasteiger partial charge in [0, 0.05) is 12.6 Å². The van der Waals surface area contributed by atoms with Gasteiger partial charge in [-0.25, -0.2) is 8.42 Å². The Balaban J connectivity index is 2.66. The van der Waals surface area contributed by atoms with Gasteiger partial charge in [0.1, 0.15) is 0 Å². The zero-order valence-electron chi connectivity index (χ0n) is 8.99. The molecule has 0 aromatic rings. The first-order valence-electron chi connectivity index (χ1n) is 5.23. The Kier molecular flexibility index (Phi) is 4.34. The van der Waals surface area contributed by atoms with Crippen LogP contribution in [0.2, 0.25) is 0 Å². The van der Waals surface area contributed by atoms with E-state index in [1.807, 2.05) is 6.92 Å². The Morgan fingerprint density at radius 3 is 2.36 bits per heavy atom. The molecule has 0 saturated carbocycles. The highest BCUT2D eigenvalue weighted by atomic mass is 32.2. The van der Waals surface area contributed by atoms with Gasteiger partial charge in [0.2, 0.25) is 10.0 Å². The van der Waals surface area contributed by atoms with Gasteiger partial charge in [0.25, 0.3) is 0 Å². The predicted octanol–water partition coefficient (Wildman–Crippen LogP) is 0.410. The van der Waals surface area contributed by atoms with E-state index >= 15 is 0 Å². The number of sulfonamides is 1. The van der Waals surface area contributed by atoms with Gasteiger partial charge in [-0.3, -0.25) is 0 Å². The minimum Gasteiger partial charge on any atom is -0.317 e. The summed E-state index contributed by atoms with van der Waals surface area (Å²) in [5.41, 5.74) is 0. The molecule has 0 amide bonds. The molecule has 5 heteroatoms. The predicted molar refractivity (Wildman–Crippen MR) is 57.7 cm³/mol. The molecule has 1 saturated heterocycles. The zero-order chi connectivity index (χ0) is 10.6. The highest BCUT2D eigenvalue weighted by Crippen LogP contribution is 2.15. The largest absolute Gasteiger partial charge is 0.317 e. The second-order valence-corrected chi connectivity index (χ2v) is 5.79. The number of hydrogen-bond acceptors (Lipinski definition) is 3. The normalized spacial score (nSPS) is 20.2. The standard InChI is InChI=1S/C9H20N2O2S/c1-3-8-11(14(2,12)13)9-4-6-10-7-5-9/h9-10H,3-8H2,1-2H3. The van der Waals surface area contributed by atoms with Crippen molar-refractivity contribution in [2.75, 3.05) is 25.9 Å². The van der Waals surface area contributed by atoms with E-state index in [1.54, 1.807) is 4.31 Å². The summed E-state index contributed by atoms with van der Waals surface area (Å²) in [6, 6.07) is 0.214. The third-order valence-electron chi connectivity index (χ3n) is 2.59. The molecular weight excluding hydrogens is 200 g/mol. The van der Waals surface area contributed by atoms with Crippen molar-refractivity contribution in [1.82, 2.24) is 9.62 Å². The second-order valence-electron chi connectivity index (χ2n) is 3.85. The van der Waals surface area contributed by atoms with Crippen LogP contribution in [0.5, 0.6) is 0 Å². The molecule has 1 aliphatic rings. The monoisotopic (exact) mass is 220 g/mol. The van der Waals surface area contributed by atoms with Crippen molar-refractivity contribution in [3.8, 4) is 0 Å². The Hall–Kier alpha value is -0.130. The van der Waals surface area contributed by atoms with Crippen LogP contribution in [0.3, 0.4) is 0 Å². The van der Waals surface area contributed by atoms with Crippen LogP contribution in [0.1, 0.15) is 26.2 Å². The van der Waals surface area contributed by atoms with Crippen LogP contribution in [0.25, 0.3) is 0 Å². The topological polar surface area (TPSA) is 49.4 Å². The maximum absolute atomic E-state index is 11.5. The van der Waals surface area contributed by atoms with E-state index in [0.717, 1.165) is 32.4 Å². The smallest absolute Gasteiger partial charge is 0.211 e. The molecule has 0 aromatic heterocycles. The highest BCUT2D eigenvalue weighted by Gasteiger charge is 2.26. The average Bonchev–Trinajstić information content (AvgIpc) is 2.14. The van der Waals surface area contributed by atoms with Gasteiger partial charge < -0.3 is 5.32 Å². The molecule has 1 heterocycles. The van der Waals surface area contributed by atoms with Crippen molar-refractivity contribution in [3.63, 3.8) is 0 Å². The van der Waals surface area contributed by atoms with Crippen LogP contribution < -0.4 is 5.32 Å². The van der Waals surface area contributed by atoms with E-state index in [1.165, 1.54) is 6.26 Å². The lowest BCUT2D eigenvalue weighted by atomic mass is 10.1. The van der Waals surface area contributed by atoms with Gasteiger partial charge in [0.15, 0.2) is 0 Å². The van der Waals surface area contributed by atoms with Crippen molar-refractivity contribution in [1.29, 1.82) is 0 Å². The number of nitrogens with one attached hydrogen (secondary N) is 1. The van der Waals surface area contributed by atoms with Crippen LogP contribution in [0, 0.1) is 0 Å². The Bertz CT molecular complexity index is 258. The average molecular weight is 220 g/mol. The molecule has 0 aromatic carbocycles. The first-order chi connectivity index (χ1) is 6.55. The number of piperidine rings is 1. The fraction of sp³-hybridized carbons (Fsp3) is 1.00. The van der Waals surface area contributed by atoms with Gasteiger partial charge >= 0.3 is 0 Å². The SMILES string of the molecule is CCCN(C1CCNCC1)S(C)(=O)=O. The van der Waals surface area contributed by atoms with Crippen molar-refractivity contribution in [2.45, 2.75) is 32.2 Å². The molecule has 0 radical (unpaired) electrons. The minimum absolute atomic E-state index is 0.214. The molecule has 1 aliphatic heterocycles. The fourth-order valence-electron chi connectivity index (χ4n) is 1.93. The van der Waals surface area contributed by atoms with Crippen LogP contribution in [-0.2, 0) is 10.0 Å². The first-order valence-corrected chi connectivity index (χ1v) is 7.08. The number of rotatable bonds is 4. The first kappa shape index (κ1) is 11.9.